The van der Waals surface area contributed by atoms with Crippen LogP contribution in [0.3, 0.4) is 0 Å². The van der Waals surface area contributed by atoms with Gasteiger partial charge in [-0.3, -0.25) is 9.48 Å². The van der Waals surface area contributed by atoms with E-state index in [1.165, 1.54) is 12.6 Å². The summed E-state index contributed by atoms with van der Waals surface area (Å²) in [5.41, 5.74) is 8.82. The Morgan fingerprint density at radius 3 is 2.68 bits per heavy atom. The number of carbonyl (C=O) groups is 1. The third-order valence-electron chi connectivity index (χ3n) is 6.48. The van der Waals surface area contributed by atoms with Crippen LogP contribution in [0.5, 0.6) is 0 Å². The summed E-state index contributed by atoms with van der Waals surface area (Å²) in [6, 6.07) is 7.48. The van der Waals surface area contributed by atoms with Crippen LogP contribution in [0.2, 0.25) is 10.2 Å². The molecule has 1 aromatic carbocycles. The van der Waals surface area contributed by atoms with Crippen molar-refractivity contribution in [3.05, 3.63) is 46.8 Å². The van der Waals surface area contributed by atoms with Crippen LogP contribution in [0.25, 0.3) is 11.3 Å². The molecular formula is C23H25Cl2N7O2. The third-order valence-corrected chi connectivity index (χ3v) is 7.04. The zero-order valence-electron chi connectivity index (χ0n) is 18.5. The second-order valence-electron chi connectivity index (χ2n) is 8.75. The number of amides is 1. The molecule has 0 bridgehead atoms. The number of rotatable bonds is 7. The predicted molar refractivity (Wildman–Crippen MR) is 132 cm³/mol. The standard InChI is InChI=1S/C23H25Cl2N7O2/c24-18-10-27-22(28-15-2-4-16(5-3-15)32-8-9-34-12-19(32)33)29-20(18)17-11-31(30-21(17)25)14-23(13-26)6-1-7-23/h2-5,10-11H,1,6-9,12-14,26H2,(H,27,28,29). The summed E-state index contributed by atoms with van der Waals surface area (Å²) in [6.45, 7) is 2.51. The SMILES string of the molecule is NCC1(Cn2cc(-c3nc(Nc4ccc(N5CCOCC5=O)cc4)ncc3Cl)c(Cl)n2)CCC1. The van der Waals surface area contributed by atoms with E-state index in [9.17, 15) is 4.79 Å². The number of hydrogen-bond acceptors (Lipinski definition) is 7. The molecule has 2 aromatic heterocycles. The smallest absolute Gasteiger partial charge is 0.253 e. The van der Waals surface area contributed by atoms with Gasteiger partial charge in [0.2, 0.25) is 5.95 Å². The van der Waals surface area contributed by atoms with Gasteiger partial charge in [-0.1, -0.05) is 29.6 Å². The normalized spacial score (nSPS) is 17.5. The number of hydrogen-bond donors (Lipinski definition) is 2. The third kappa shape index (κ3) is 4.61. The summed E-state index contributed by atoms with van der Waals surface area (Å²) < 4.78 is 7.02. The van der Waals surface area contributed by atoms with Crippen molar-refractivity contribution < 1.29 is 9.53 Å². The lowest BCUT2D eigenvalue weighted by atomic mass is 9.69. The first-order valence-electron chi connectivity index (χ1n) is 11.2. The van der Waals surface area contributed by atoms with Gasteiger partial charge in [0.25, 0.3) is 5.91 Å². The van der Waals surface area contributed by atoms with Gasteiger partial charge in [0, 0.05) is 36.1 Å². The molecule has 3 heterocycles. The van der Waals surface area contributed by atoms with Crippen molar-refractivity contribution in [3.63, 3.8) is 0 Å². The molecule has 0 unspecified atom stereocenters. The van der Waals surface area contributed by atoms with Crippen LogP contribution in [0, 0.1) is 5.41 Å². The summed E-state index contributed by atoms with van der Waals surface area (Å²) >= 11 is 12.9. The molecule has 1 amide bonds. The minimum Gasteiger partial charge on any atom is -0.370 e. The van der Waals surface area contributed by atoms with Gasteiger partial charge in [-0.2, -0.15) is 5.10 Å². The molecule has 2 aliphatic rings. The second-order valence-corrected chi connectivity index (χ2v) is 9.51. The number of aromatic nitrogens is 4. The number of halogens is 2. The molecule has 0 atom stereocenters. The van der Waals surface area contributed by atoms with E-state index in [1.807, 2.05) is 35.1 Å². The van der Waals surface area contributed by atoms with Gasteiger partial charge in [-0.05, 0) is 43.7 Å². The molecule has 34 heavy (non-hydrogen) atoms. The zero-order chi connectivity index (χ0) is 23.7. The highest BCUT2D eigenvalue weighted by molar-refractivity contribution is 6.35. The predicted octanol–water partition coefficient (Wildman–Crippen LogP) is 3.88. The van der Waals surface area contributed by atoms with Gasteiger partial charge in [-0.15, -0.1) is 0 Å². The van der Waals surface area contributed by atoms with E-state index in [-0.39, 0.29) is 17.9 Å². The molecule has 0 radical (unpaired) electrons. The number of nitrogens with zero attached hydrogens (tertiary/aromatic N) is 5. The highest BCUT2D eigenvalue weighted by Gasteiger charge is 2.36. The van der Waals surface area contributed by atoms with E-state index >= 15 is 0 Å². The van der Waals surface area contributed by atoms with Gasteiger partial charge in [0.05, 0.1) is 29.1 Å². The number of nitrogens with one attached hydrogen (secondary N) is 1. The fourth-order valence-corrected chi connectivity index (χ4v) is 4.77. The maximum Gasteiger partial charge on any atom is 0.253 e. The lowest BCUT2D eigenvalue weighted by Crippen LogP contribution is -2.41. The fraction of sp³-hybridized carbons (Fsp3) is 0.391. The molecule has 1 aliphatic carbocycles. The van der Waals surface area contributed by atoms with E-state index in [0.29, 0.717) is 47.1 Å². The van der Waals surface area contributed by atoms with E-state index < -0.39 is 0 Å². The Morgan fingerprint density at radius 1 is 1.21 bits per heavy atom. The number of benzene rings is 1. The van der Waals surface area contributed by atoms with Crippen molar-refractivity contribution in [1.82, 2.24) is 19.7 Å². The van der Waals surface area contributed by atoms with Crippen LogP contribution >= 0.6 is 23.2 Å². The van der Waals surface area contributed by atoms with Crippen LogP contribution in [-0.2, 0) is 16.1 Å². The number of ether oxygens (including phenoxy) is 1. The topological polar surface area (TPSA) is 111 Å². The van der Waals surface area contributed by atoms with Crippen LogP contribution in [0.15, 0.2) is 36.7 Å². The molecule has 3 N–H and O–H groups in total. The van der Waals surface area contributed by atoms with Crippen molar-refractivity contribution in [3.8, 4) is 11.3 Å². The average Bonchev–Trinajstić information content (AvgIpc) is 3.18. The van der Waals surface area contributed by atoms with Crippen LogP contribution in [0.1, 0.15) is 19.3 Å². The molecule has 11 heteroatoms. The molecule has 0 spiro atoms. The van der Waals surface area contributed by atoms with Gasteiger partial charge < -0.3 is 20.7 Å². The Kier molecular flexibility index (Phi) is 6.44. The Bertz CT molecular complexity index is 1190. The molecule has 1 saturated carbocycles. The maximum atomic E-state index is 12.0. The van der Waals surface area contributed by atoms with Crippen molar-refractivity contribution in [2.45, 2.75) is 25.8 Å². The largest absolute Gasteiger partial charge is 0.370 e. The fourth-order valence-electron chi connectivity index (χ4n) is 4.35. The van der Waals surface area contributed by atoms with E-state index in [1.54, 1.807) is 4.90 Å². The summed E-state index contributed by atoms with van der Waals surface area (Å²) in [6.07, 6.45) is 6.78. The molecule has 9 nitrogen and oxygen atoms in total. The number of nitrogens with two attached hydrogens (primary N) is 1. The van der Waals surface area contributed by atoms with Crippen LogP contribution in [0.4, 0.5) is 17.3 Å². The summed E-state index contributed by atoms with van der Waals surface area (Å²) in [5, 5.41) is 8.35. The van der Waals surface area contributed by atoms with Crippen molar-refractivity contribution in [1.29, 1.82) is 0 Å². The summed E-state index contributed by atoms with van der Waals surface area (Å²) in [7, 11) is 0. The van der Waals surface area contributed by atoms with E-state index in [0.717, 1.165) is 30.8 Å². The Morgan fingerprint density at radius 2 is 2.00 bits per heavy atom. The van der Waals surface area contributed by atoms with Crippen LogP contribution in [-0.4, -0.2) is 52.0 Å². The van der Waals surface area contributed by atoms with E-state index in [2.05, 4.69) is 20.4 Å². The molecule has 1 aliphatic heterocycles. The quantitative estimate of drug-likeness (QED) is 0.505. The molecule has 3 aromatic rings. The van der Waals surface area contributed by atoms with Gasteiger partial charge >= 0.3 is 0 Å². The molecule has 1 saturated heterocycles. The minimum absolute atomic E-state index is 0.0512. The van der Waals surface area contributed by atoms with Crippen LogP contribution < -0.4 is 16.0 Å². The Labute approximate surface area is 207 Å². The highest BCUT2D eigenvalue weighted by Crippen LogP contribution is 2.42. The van der Waals surface area contributed by atoms with Crippen molar-refractivity contribution in [2.75, 3.05) is 36.5 Å². The van der Waals surface area contributed by atoms with Gasteiger partial charge in [0.1, 0.15) is 6.61 Å². The van der Waals surface area contributed by atoms with E-state index in [4.69, 9.17) is 33.7 Å². The molecule has 5 rings (SSSR count). The van der Waals surface area contributed by atoms with Gasteiger partial charge in [-0.25, -0.2) is 9.97 Å². The summed E-state index contributed by atoms with van der Waals surface area (Å²) in [5.74, 6) is 0.320. The maximum absolute atomic E-state index is 12.0. The second kappa shape index (κ2) is 9.50. The Balaban J connectivity index is 1.34. The number of carbonyl (C=O) groups excluding carboxylic acids is 1. The zero-order valence-corrected chi connectivity index (χ0v) is 20.0. The minimum atomic E-state index is -0.0512. The number of morpholine rings is 1. The lowest BCUT2D eigenvalue weighted by molar-refractivity contribution is -0.125. The van der Waals surface area contributed by atoms with Gasteiger partial charge in [0.15, 0.2) is 5.15 Å². The lowest BCUT2D eigenvalue weighted by Gasteiger charge is -2.40. The molecule has 2 fully saturated rings. The van der Waals surface area contributed by atoms with Crippen molar-refractivity contribution in [2.24, 2.45) is 11.1 Å². The highest BCUT2D eigenvalue weighted by atomic mass is 35.5. The summed E-state index contributed by atoms with van der Waals surface area (Å²) in [4.78, 5) is 22.6. The Hall–Kier alpha value is -2.72. The molecule has 178 valence electrons. The monoisotopic (exact) mass is 501 g/mol. The average molecular weight is 502 g/mol. The molecular weight excluding hydrogens is 477 g/mol. The number of anilines is 3. The van der Waals surface area contributed by atoms with Crippen molar-refractivity contribution >= 4 is 46.4 Å². The first-order chi connectivity index (χ1) is 16.5. The first-order valence-corrected chi connectivity index (χ1v) is 11.9. The first kappa shape index (κ1) is 23.0.